The van der Waals surface area contributed by atoms with Crippen LogP contribution in [0.4, 0.5) is 5.13 Å². The van der Waals surface area contributed by atoms with E-state index in [9.17, 15) is 19.2 Å². The predicted octanol–water partition coefficient (Wildman–Crippen LogP) is 8.62. The minimum absolute atomic E-state index is 0.0125. The van der Waals surface area contributed by atoms with Gasteiger partial charge in [0.1, 0.15) is 47.1 Å². The van der Waals surface area contributed by atoms with Crippen LogP contribution in [0.5, 0.6) is 0 Å². The molecule has 1 aromatic heterocycles. The van der Waals surface area contributed by atoms with E-state index >= 15 is 0 Å². The lowest BCUT2D eigenvalue weighted by atomic mass is 9.77. The zero-order valence-electron chi connectivity index (χ0n) is 35.2. The number of rotatable bonds is 16. The first-order chi connectivity index (χ1) is 32.3. The Morgan fingerprint density at radius 2 is 1.41 bits per heavy atom. The van der Waals surface area contributed by atoms with Gasteiger partial charge in [0.15, 0.2) is 16.9 Å². The molecule has 3 aliphatic heterocycles. The van der Waals surface area contributed by atoms with Gasteiger partial charge in [0.25, 0.3) is 11.8 Å². The van der Waals surface area contributed by atoms with E-state index in [1.165, 1.54) is 46.9 Å². The molecule has 0 spiro atoms. The maximum atomic E-state index is 14.5. The van der Waals surface area contributed by atoms with Gasteiger partial charge in [-0.25, -0.2) is 14.6 Å². The van der Waals surface area contributed by atoms with E-state index in [0.29, 0.717) is 21.4 Å². The first-order valence-electron chi connectivity index (χ1n) is 20.8. The third kappa shape index (κ3) is 8.86. The average Bonchev–Trinajstić information content (AvgIpc) is 3.97. The van der Waals surface area contributed by atoms with Crippen molar-refractivity contribution in [3.63, 3.8) is 0 Å². The van der Waals surface area contributed by atoms with Crippen molar-refractivity contribution in [3.8, 4) is 0 Å². The highest BCUT2D eigenvalue weighted by atomic mass is 35.5. The number of oxime groups is 1. The van der Waals surface area contributed by atoms with E-state index in [4.69, 9.17) is 30.9 Å². The summed E-state index contributed by atoms with van der Waals surface area (Å²) in [6.07, 6.45) is -0.789. The molecule has 12 nitrogen and oxygen atoms in total. The molecular formula is C50H40ClN5O7S3. The summed E-state index contributed by atoms with van der Waals surface area (Å²) < 4.78 is 11.4. The maximum absolute atomic E-state index is 14.5. The highest BCUT2D eigenvalue weighted by Gasteiger charge is 2.55. The minimum atomic E-state index is -1.03. The van der Waals surface area contributed by atoms with Gasteiger partial charge < -0.3 is 24.9 Å². The second-order valence-electron chi connectivity index (χ2n) is 15.2. The van der Waals surface area contributed by atoms with Crippen LogP contribution in [-0.4, -0.2) is 76.0 Å². The summed E-state index contributed by atoms with van der Waals surface area (Å²) in [5.41, 5.74) is 4.27. The van der Waals surface area contributed by atoms with Crippen molar-refractivity contribution >= 4 is 81.1 Å². The summed E-state index contributed by atoms with van der Waals surface area (Å²) in [6, 6.07) is 47.8. The molecular weight excluding hydrogens is 914 g/mol. The standard InChI is InChI=1S/C50H40ClN5O7S3/c1-61-55-40(37-30-66-49(52-37)54-50(34-21-11-4-12-22-34,35-23-13-5-14-24-35)36-25-15-6-16-26-36)44(57)53-41-45(58)56-42(33(29-65-46(41)56)28-64-38-27-62-47(59)39(38)51)48(60)63-43(31-17-7-2-8-18-31)32-19-9-3-10-20-32/h2-26,30,41,43,46H,27-29H2,1H3,(H,52,54)(H,53,57)/b55-40-/t41-,46-/m1/s1. The fraction of sp³-hybridized carbons (Fsp3) is 0.160. The van der Waals surface area contributed by atoms with Crippen molar-refractivity contribution in [2.45, 2.75) is 23.1 Å². The number of cyclic esters (lactones) is 1. The van der Waals surface area contributed by atoms with Crippen LogP contribution in [0.3, 0.4) is 0 Å². The average molecular weight is 955 g/mol. The van der Waals surface area contributed by atoms with Crippen LogP contribution in [0.15, 0.2) is 183 Å². The Morgan fingerprint density at radius 1 is 0.864 bits per heavy atom. The molecule has 0 radical (unpaired) electrons. The van der Waals surface area contributed by atoms with Crippen LogP contribution in [0.2, 0.25) is 0 Å². The molecule has 2 atom stereocenters. The number of β-lactam (4-membered cyclic amide) rings is 1. The molecule has 6 aromatic rings. The second kappa shape index (κ2) is 19.8. The zero-order valence-corrected chi connectivity index (χ0v) is 38.4. The van der Waals surface area contributed by atoms with E-state index < -0.39 is 46.8 Å². The lowest BCUT2D eigenvalue weighted by molar-refractivity contribution is -0.154. The summed E-state index contributed by atoms with van der Waals surface area (Å²) in [5, 5.41) is 12.2. The number of hydrogen-bond donors (Lipinski definition) is 2. The molecule has 3 aliphatic rings. The Balaban J connectivity index is 0.984. The molecule has 2 N–H and O–H groups in total. The van der Waals surface area contributed by atoms with E-state index in [2.05, 4.69) is 52.2 Å². The minimum Gasteiger partial charge on any atom is -0.456 e. The van der Waals surface area contributed by atoms with Crippen LogP contribution >= 0.6 is 46.5 Å². The third-order valence-electron chi connectivity index (χ3n) is 11.2. The van der Waals surface area contributed by atoms with E-state index in [1.807, 2.05) is 115 Å². The van der Waals surface area contributed by atoms with Gasteiger partial charge in [0.2, 0.25) is 0 Å². The number of amides is 2. The Labute approximate surface area is 398 Å². The van der Waals surface area contributed by atoms with Crippen LogP contribution < -0.4 is 10.6 Å². The number of aromatic nitrogens is 1. The Morgan fingerprint density at radius 3 is 1.92 bits per heavy atom. The van der Waals surface area contributed by atoms with Gasteiger partial charge in [-0.05, 0) is 33.4 Å². The molecule has 1 fully saturated rings. The first-order valence-corrected chi connectivity index (χ1v) is 24.0. The number of esters is 2. The normalized spacial score (nSPS) is 17.3. The SMILES string of the molecule is CO/N=C(\C(=O)N[C@@H]1C(=O)N2C(C(=O)OC(c3ccccc3)c3ccccc3)=C(CSC3=C(Cl)C(=O)OC3)CS[C@H]12)c1csc(NC(c2ccccc2)(c2ccccc2)c2ccccc2)n1. The molecule has 16 heteroatoms. The number of thiazole rings is 1. The molecule has 4 heterocycles. The van der Waals surface area contributed by atoms with Crippen LogP contribution in [0.1, 0.15) is 39.6 Å². The van der Waals surface area contributed by atoms with Crippen molar-refractivity contribution < 1.29 is 33.5 Å². The quantitative estimate of drug-likeness (QED) is 0.0316. The number of nitrogens with one attached hydrogen (secondary N) is 2. The number of fused-ring (bicyclic) bond motifs is 1. The van der Waals surface area contributed by atoms with Crippen molar-refractivity contribution in [2.75, 3.05) is 30.5 Å². The number of halogens is 1. The van der Waals surface area contributed by atoms with Crippen LogP contribution in [0.25, 0.3) is 0 Å². The van der Waals surface area contributed by atoms with Gasteiger partial charge in [0, 0.05) is 21.8 Å². The summed E-state index contributed by atoms with van der Waals surface area (Å²) in [5.74, 6) is -2.00. The van der Waals surface area contributed by atoms with E-state index in [1.54, 1.807) is 5.38 Å². The summed E-state index contributed by atoms with van der Waals surface area (Å²) in [4.78, 5) is 67.1. The number of ether oxygens (including phenoxy) is 2. The number of carbonyl (C=O) groups is 4. The van der Waals surface area contributed by atoms with E-state index in [0.717, 1.165) is 27.8 Å². The Kier molecular flexibility index (Phi) is 13.4. The topological polar surface area (TPSA) is 149 Å². The van der Waals surface area contributed by atoms with Gasteiger partial charge in [-0.15, -0.1) is 34.9 Å². The molecule has 5 aromatic carbocycles. The smallest absolute Gasteiger partial charge is 0.356 e. The largest absolute Gasteiger partial charge is 0.456 e. The lowest BCUT2D eigenvalue weighted by Crippen LogP contribution is -2.71. The maximum Gasteiger partial charge on any atom is 0.356 e. The van der Waals surface area contributed by atoms with Crippen molar-refractivity contribution in [3.05, 3.63) is 212 Å². The molecule has 0 saturated carbocycles. The lowest BCUT2D eigenvalue weighted by Gasteiger charge is -2.49. The molecule has 9 rings (SSSR count). The fourth-order valence-corrected chi connectivity index (χ4v) is 11.5. The number of thioether (sulfide) groups is 2. The monoisotopic (exact) mass is 953 g/mol. The van der Waals surface area contributed by atoms with Crippen LogP contribution in [-0.2, 0) is 39.0 Å². The van der Waals surface area contributed by atoms with Crippen molar-refractivity contribution in [1.82, 2.24) is 15.2 Å². The fourth-order valence-electron chi connectivity index (χ4n) is 8.07. The molecule has 0 bridgehead atoms. The number of hydrogen-bond acceptors (Lipinski definition) is 13. The number of carbonyl (C=O) groups excluding carboxylic acids is 4. The van der Waals surface area contributed by atoms with Crippen LogP contribution in [0, 0.1) is 0 Å². The van der Waals surface area contributed by atoms with E-state index in [-0.39, 0.29) is 34.5 Å². The number of benzene rings is 5. The Bertz CT molecular complexity index is 2710. The van der Waals surface area contributed by atoms with Crippen molar-refractivity contribution in [1.29, 1.82) is 0 Å². The molecule has 0 unspecified atom stereocenters. The summed E-state index contributed by atoms with van der Waals surface area (Å²) in [7, 11) is 1.33. The molecule has 66 heavy (non-hydrogen) atoms. The van der Waals surface area contributed by atoms with Gasteiger partial charge >= 0.3 is 11.9 Å². The highest BCUT2D eigenvalue weighted by Crippen LogP contribution is 2.44. The summed E-state index contributed by atoms with van der Waals surface area (Å²) >= 11 is 10.2. The molecule has 0 aliphatic carbocycles. The third-order valence-corrected chi connectivity index (χ3v) is 15.0. The van der Waals surface area contributed by atoms with Gasteiger partial charge in [0.05, 0.1) is 0 Å². The number of nitrogens with zero attached hydrogens (tertiary/aromatic N) is 3. The Hall–Kier alpha value is -6.65. The van der Waals surface area contributed by atoms with Gasteiger partial charge in [-0.3, -0.25) is 14.5 Å². The first kappa shape index (κ1) is 44.5. The van der Waals surface area contributed by atoms with Gasteiger partial charge in [-0.1, -0.05) is 168 Å². The highest BCUT2D eigenvalue weighted by molar-refractivity contribution is 8.03. The van der Waals surface area contributed by atoms with Gasteiger partial charge in [-0.2, -0.15) is 0 Å². The predicted molar refractivity (Wildman–Crippen MR) is 258 cm³/mol. The zero-order chi connectivity index (χ0) is 45.6. The number of anilines is 1. The molecule has 2 amide bonds. The molecule has 332 valence electrons. The second-order valence-corrected chi connectivity index (χ2v) is 18.6. The molecule has 1 saturated heterocycles. The van der Waals surface area contributed by atoms with Crippen molar-refractivity contribution in [2.24, 2.45) is 5.16 Å². The summed E-state index contributed by atoms with van der Waals surface area (Å²) in [6.45, 7) is 0.0157.